The molecule has 0 unspecified atom stereocenters. The van der Waals surface area contributed by atoms with Gasteiger partial charge in [0, 0.05) is 30.0 Å². The molecule has 6 rings (SSSR count). The van der Waals surface area contributed by atoms with Crippen LogP contribution >= 0.6 is 0 Å². The van der Waals surface area contributed by atoms with Gasteiger partial charge < -0.3 is 15.6 Å². The van der Waals surface area contributed by atoms with Gasteiger partial charge in [-0.15, -0.1) is 0 Å². The van der Waals surface area contributed by atoms with Crippen LogP contribution in [0.15, 0.2) is 55.2 Å². The molecule has 0 saturated carbocycles. The van der Waals surface area contributed by atoms with Crippen molar-refractivity contribution in [3.05, 3.63) is 66.5 Å². The third-order valence-corrected chi connectivity index (χ3v) is 6.96. The average molecular weight is 510 g/mol. The van der Waals surface area contributed by atoms with E-state index >= 15 is 0 Å². The first kappa shape index (κ1) is 23.7. The van der Waals surface area contributed by atoms with Crippen LogP contribution in [0, 0.1) is 6.92 Å². The molecule has 5 aromatic heterocycles. The Kier molecular flexibility index (Phi) is 6.04. The van der Waals surface area contributed by atoms with E-state index in [9.17, 15) is 9.59 Å². The monoisotopic (exact) mass is 509 g/mol. The molecule has 1 atom stereocenters. The number of anilines is 2. The number of carbonyl (C=O) groups excluding carboxylic acids is 2. The molecular weight excluding hydrogens is 482 g/mol. The maximum Gasteiger partial charge on any atom is 0.257 e. The Hall–Kier alpha value is -4.64. The van der Waals surface area contributed by atoms with Crippen molar-refractivity contribution in [2.45, 2.75) is 32.7 Å². The zero-order chi connectivity index (χ0) is 26.2. The average Bonchev–Trinajstić information content (AvgIpc) is 3.63. The van der Waals surface area contributed by atoms with Crippen LogP contribution in [0.25, 0.3) is 27.9 Å². The summed E-state index contributed by atoms with van der Waals surface area (Å²) in [5.41, 5.74) is 5.13. The summed E-state index contributed by atoms with van der Waals surface area (Å²) in [6, 6.07) is 7.66. The van der Waals surface area contributed by atoms with E-state index in [0.717, 1.165) is 41.7 Å². The minimum absolute atomic E-state index is 0.0963. The number of pyridine rings is 2. The Bertz CT molecular complexity index is 1670. The second-order valence-electron chi connectivity index (χ2n) is 9.61. The highest BCUT2D eigenvalue weighted by Crippen LogP contribution is 2.27. The maximum absolute atomic E-state index is 13.1. The van der Waals surface area contributed by atoms with E-state index in [4.69, 9.17) is 0 Å². The van der Waals surface area contributed by atoms with E-state index in [2.05, 4.69) is 47.5 Å². The summed E-state index contributed by atoms with van der Waals surface area (Å²) >= 11 is 0. The molecule has 0 aliphatic carbocycles. The van der Waals surface area contributed by atoms with Gasteiger partial charge in [0.1, 0.15) is 5.65 Å². The molecule has 0 spiro atoms. The summed E-state index contributed by atoms with van der Waals surface area (Å²) in [5.74, 6) is -0.417. The number of H-pyrrole nitrogens is 1. The van der Waals surface area contributed by atoms with E-state index in [-0.39, 0.29) is 11.8 Å². The van der Waals surface area contributed by atoms with Crippen LogP contribution in [0.5, 0.6) is 0 Å². The van der Waals surface area contributed by atoms with E-state index < -0.39 is 0 Å². The molecule has 6 heterocycles. The Morgan fingerprint density at radius 2 is 2.00 bits per heavy atom. The molecule has 1 aliphatic rings. The summed E-state index contributed by atoms with van der Waals surface area (Å²) in [7, 11) is 0. The molecular formula is C27H27N9O2. The lowest BCUT2D eigenvalue weighted by atomic mass is 10.2. The highest BCUT2D eigenvalue weighted by atomic mass is 16.2. The van der Waals surface area contributed by atoms with Crippen molar-refractivity contribution in [1.29, 1.82) is 0 Å². The van der Waals surface area contributed by atoms with Gasteiger partial charge in [-0.3, -0.25) is 19.5 Å². The number of nitrogens with one attached hydrogen (secondary N) is 3. The predicted octanol–water partition coefficient (Wildman–Crippen LogP) is 3.65. The highest BCUT2D eigenvalue weighted by molar-refractivity contribution is 6.06. The number of likely N-dealkylation sites (tertiary alicyclic amines) is 1. The van der Waals surface area contributed by atoms with Gasteiger partial charge in [-0.1, -0.05) is 0 Å². The largest absolute Gasteiger partial charge is 0.339 e. The van der Waals surface area contributed by atoms with Gasteiger partial charge in [-0.05, 0) is 57.5 Å². The number of nitrogens with zero attached hydrogens (tertiary/aromatic N) is 6. The van der Waals surface area contributed by atoms with Crippen molar-refractivity contribution in [2.24, 2.45) is 0 Å². The quantitative estimate of drug-likeness (QED) is 0.318. The summed E-state index contributed by atoms with van der Waals surface area (Å²) in [6.45, 7) is 5.21. The molecule has 5 aromatic rings. The normalized spacial score (nSPS) is 15.8. The van der Waals surface area contributed by atoms with Gasteiger partial charge >= 0.3 is 0 Å². The lowest BCUT2D eigenvalue weighted by molar-refractivity contribution is -0.117. The number of fused-ring (bicyclic) bond motifs is 2. The van der Waals surface area contributed by atoms with Gasteiger partial charge in [0.2, 0.25) is 5.91 Å². The molecule has 1 saturated heterocycles. The predicted molar refractivity (Wildman–Crippen MR) is 144 cm³/mol. The first-order chi connectivity index (χ1) is 18.4. The van der Waals surface area contributed by atoms with Crippen LogP contribution in [0.3, 0.4) is 0 Å². The minimum Gasteiger partial charge on any atom is -0.339 e. The van der Waals surface area contributed by atoms with Crippen molar-refractivity contribution in [2.75, 3.05) is 23.7 Å². The van der Waals surface area contributed by atoms with Crippen molar-refractivity contribution in [3.63, 3.8) is 0 Å². The smallest absolute Gasteiger partial charge is 0.257 e. The van der Waals surface area contributed by atoms with E-state index in [0.29, 0.717) is 40.9 Å². The van der Waals surface area contributed by atoms with Gasteiger partial charge in [-0.2, -0.15) is 5.10 Å². The van der Waals surface area contributed by atoms with Crippen LogP contribution in [0.1, 0.15) is 35.8 Å². The van der Waals surface area contributed by atoms with Gasteiger partial charge in [-0.25, -0.2) is 14.5 Å². The van der Waals surface area contributed by atoms with Crippen LogP contribution in [-0.4, -0.2) is 65.4 Å². The third kappa shape index (κ3) is 4.59. The molecule has 192 valence electrons. The second kappa shape index (κ2) is 9.67. The molecule has 38 heavy (non-hydrogen) atoms. The number of carbonyl (C=O) groups is 2. The topological polar surface area (TPSA) is 133 Å². The van der Waals surface area contributed by atoms with Gasteiger partial charge in [0.05, 0.1) is 52.8 Å². The standard InChI is InChI=1S/C27H27N9O2/c1-16-5-3-7-35(16)15-24(37)32-20-11-22(17(2)29-13-20)34-27(38)19-9-18-10-23(33-25(18)30-12-19)21-14-31-36-8-4-6-28-26(21)36/h4,6,8-14,16H,3,5,7,15H2,1-2H3,(H,30,33)(H,32,37)(H,34,38)/t16-/m0/s1. The summed E-state index contributed by atoms with van der Waals surface area (Å²) < 4.78 is 1.70. The lowest BCUT2D eigenvalue weighted by Crippen LogP contribution is -2.35. The number of aromatic nitrogens is 6. The lowest BCUT2D eigenvalue weighted by Gasteiger charge is -2.20. The van der Waals surface area contributed by atoms with E-state index in [1.165, 1.54) is 6.20 Å². The Morgan fingerprint density at radius 1 is 1.11 bits per heavy atom. The Balaban J connectivity index is 1.18. The molecule has 11 nitrogen and oxygen atoms in total. The molecule has 0 radical (unpaired) electrons. The van der Waals surface area contributed by atoms with E-state index in [1.807, 2.05) is 18.3 Å². The minimum atomic E-state index is -0.320. The fraction of sp³-hybridized carbons (Fsp3) is 0.259. The molecule has 1 aliphatic heterocycles. The second-order valence-corrected chi connectivity index (χ2v) is 9.61. The number of hydrogen-bond donors (Lipinski definition) is 3. The molecule has 11 heteroatoms. The molecule has 0 aromatic carbocycles. The van der Waals surface area contributed by atoms with Crippen LogP contribution in [0.4, 0.5) is 11.4 Å². The highest BCUT2D eigenvalue weighted by Gasteiger charge is 2.22. The molecule has 1 fully saturated rings. The number of rotatable bonds is 6. The van der Waals surface area contributed by atoms with Crippen molar-refractivity contribution in [1.82, 2.24) is 34.4 Å². The maximum atomic E-state index is 13.1. The number of aryl methyl sites for hydroxylation is 1. The number of aromatic amines is 1. The number of hydrogen-bond acceptors (Lipinski definition) is 7. The SMILES string of the molecule is Cc1ncc(NC(=O)CN2CCC[C@@H]2C)cc1NC(=O)c1cnc2[nH]c(-c3cnn4cccnc34)cc2c1. The zero-order valence-electron chi connectivity index (χ0n) is 21.1. The molecule has 0 bridgehead atoms. The van der Waals surface area contributed by atoms with Crippen LogP contribution < -0.4 is 10.6 Å². The number of amides is 2. The Labute approximate surface area is 218 Å². The molecule has 2 amide bonds. The van der Waals surface area contributed by atoms with Gasteiger partial charge in [0.15, 0.2) is 5.65 Å². The van der Waals surface area contributed by atoms with Crippen molar-refractivity contribution in [3.8, 4) is 11.3 Å². The van der Waals surface area contributed by atoms with Crippen LogP contribution in [0.2, 0.25) is 0 Å². The van der Waals surface area contributed by atoms with Gasteiger partial charge in [0.25, 0.3) is 5.91 Å². The summed E-state index contributed by atoms with van der Waals surface area (Å²) in [6.07, 6.45) is 10.6. The van der Waals surface area contributed by atoms with E-state index in [1.54, 1.807) is 42.2 Å². The third-order valence-electron chi connectivity index (χ3n) is 6.96. The summed E-state index contributed by atoms with van der Waals surface area (Å²) in [4.78, 5) is 44.3. The Morgan fingerprint density at radius 3 is 2.84 bits per heavy atom. The first-order valence-electron chi connectivity index (χ1n) is 12.5. The zero-order valence-corrected chi connectivity index (χ0v) is 21.1. The summed E-state index contributed by atoms with van der Waals surface area (Å²) in [5, 5.41) is 10.9. The fourth-order valence-corrected chi connectivity index (χ4v) is 4.84. The first-order valence-corrected chi connectivity index (χ1v) is 12.5. The fourth-order valence-electron chi connectivity index (χ4n) is 4.84. The van der Waals surface area contributed by atoms with Crippen LogP contribution in [-0.2, 0) is 4.79 Å². The van der Waals surface area contributed by atoms with Crippen molar-refractivity contribution < 1.29 is 9.59 Å². The van der Waals surface area contributed by atoms with Crippen molar-refractivity contribution >= 4 is 39.9 Å². The molecule has 3 N–H and O–H groups in total.